The van der Waals surface area contributed by atoms with Crippen LogP contribution in [0.15, 0.2) is 30.6 Å². The van der Waals surface area contributed by atoms with E-state index in [9.17, 15) is 9.18 Å². The molecule has 0 aliphatic rings. The Balaban J connectivity index is 2.02. The molecular weight excluding hydrogens is 235 g/mol. The van der Waals surface area contributed by atoms with Gasteiger partial charge in [-0.05, 0) is 30.7 Å². The first-order valence-electron chi connectivity index (χ1n) is 5.38. The van der Waals surface area contributed by atoms with E-state index in [4.69, 9.17) is 5.73 Å². The maximum absolute atomic E-state index is 13.1. The number of halogens is 1. The maximum atomic E-state index is 13.1. The number of hydrogen-bond donors (Lipinski definition) is 2. The fourth-order valence-corrected chi connectivity index (χ4v) is 1.62. The zero-order valence-electron chi connectivity index (χ0n) is 9.85. The van der Waals surface area contributed by atoms with Gasteiger partial charge in [0, 0.05) is 11.9 Å². The van der Waals surface area contributed by atoms with Crippen LogP contribution < -0.4 is 11.1 Å². The van der Waals surface area contributed by atoms with Gasteiger partial charge in [0.2, 0.25) is 5.91 Å². The lowest BCUT2D eigenvalue weighted by Crippen LogP contribution is -2.19. The van der Waals surface area contributed by atoms with Crippen molar-refractivity contribution in [2.24, 2.45) is 0 Å². The van der Waals surface area contributed by atoms with Crippen molar-refractivity contribution in [3.05, 3.63) is 42.0 Å². The van der Waals surface area contributed by atoms with E-state index in [1.54, 1.807) is 19.2 Å². The quantitative estimate of drug-likeness (QED) is 0.865. The summed E-state index contributed by atoms with van der Waals surface area (Å²) in [4.78, 5) is 11.7. The molecule has 1 aromatic heterocycles. The number of hydrogen-bond acceptors (Lipinski definition) is 3. The molecule has 6 heteroatoms. The summed E-state index contributed by atoms with van der Waals surface area (Å²) >= 11 is 0. The minimum absolute atomic E-state index is 0.0345. The lowest BCUT2D eigenvalue weighted by atomic mass is 10.2. The molecule has 0 bridgehead atoms. The summed E-state index contributed by atoms with van der Waals surface area (Å²) in [6.07, 6.45) is 3.01. The second-order valence-corrected chi connectivity index (χ2v) is 4.04. The third-order valence-corrected chi connectivity index (χ3v) is 2.28. The van der Waals surface area contributed by atoms with Crippen LogP contribution in [-0.2, 0) is 11.3 Å². The number of carbonyl (C=O) groups is 1. The third kappa shape index (κ3) is 3.07. The topological polar surface area (TPSA) is 72.9 Å². The summed E-state index contributed by atoms with van der Waals surface area (Å²) in [7, 11) is 0. The number of anilines is 2. The van der Waals surface area contributed by atoms with Crippen LogP contribution in [0.5, 0.6) is 0 Å². The number of aryl methyl sites for hydroxylation is 1. The lowest BCUT2D eigenvalue weighted by Gasteiger charge is -2.06. The summed E-state index contributed by atoms with van der Waals surface area (Å²) < 4.78 is 14.5. The molecule has 5 nitrogen and oxygen atoms in total. The standard InChI is InChI=1S/C12H13FN4O/c1-8-2-9(13)4-11(3-8)16-12(18)7-17-6-10(14)5-15-17/h2-6H,7,14H2,1H3,(H,16,18). The Morgan fingerprint density at radius 2 is 2.28 bits per heavy atom. The van der Waals surface area contributed by atoms with E-state index in [2.05, 4.69) is 10.4 Å². The van der Waals surface area contributed by atoms with Crippen LogP contribution in [0.25, 0.3) is 0 Å². The van der Waals surface area contributed by atoms with Crippen molar-refractivity contribution in [2.75, 3.05) is 11.1 Å². The summed E-state index contributed by atoms with van der Waals surface area (Å²) in [5.41, 5.74) is 7.14. The van der Waals surface area contributed by atoms with E-state index in [-0.39, 0.29) is 18.3 Å². The van der Waals surface area contributed by atoms with Gasteiger partial charge in [0.25, 0.3) is 0 Å². The zero-order valence-corrected chi connectivity index (χ0v) is 9.85. The first kappa shape index (κ1) is 12.1. The molecule has 0 spiro atoms. The minimum atomic E-state index is -0.381. The van der Waals surface area contributed by atoms with E-state index < -0.39 is 0 Å². The Hall–Kier alpha value is -2.37. The van der Waals surface area contributed by atoms with Crippen molar-refractivity contribution in [2.45, 2.75) is 13.5 Å². The molecule has 0 atom stereocenters. The fraction of sp³-hybridized carbons (Fsp3) is 0.167. The first-order valence-corrected chi connectivity index (χ1v) is 5.38. The lowest BCUT2D eigenvalue weighted by molar-refractivity contribution is -0.116. The van der Waals surface area contributed by atoms with Crippen LogP contribution in [0.3, 0.4) is 0 Å². The molecule has 1 amide bonds. The van der Waals surface area contributed by atoms with Crippen molar-refractivity contribution >= 4 is 17.3 Å². The molecule has 1 aromatic carbocycles. The van der Waals surface area contributed by atoms with Crippen molar-refractivity contribution < 1.29 is 9.18 Å². The molecule has 3 N–H and O–H groups in total. The van der Waals surface area contributed by atoms with Gasteiger partial charge in [0.1, 0.15) is 12.4 Å². The predicted octanol–water partition coefficient (Wildman–Crippen LogP) is 1.55. The van der Waals surface area contributed by atoms with Gasteiger partial charge in [0.15, 0.2) is 0 Å². The van der Waals surface area contributed by atoms with Gasteiger partial charge >= 0.3 is 0 Å². The van der Waals surface area contributed by atoms with Gasteiger partial charge in [-0.15, -0.1) is 0 Å². The molecule has 94 valence electrons. The number of aromatic nitrogens is 2. The van der Waals surface area contributed by atoms with E-state index in [1.165, 1.54) is 23.0 Å². The maximum Gasteiger partial charge on any atom is 0.246 e. The molecule has 2 aromatic rings. The molecule has 0 aliphatic carbocycles. The number of benzene rings is 1. The second kappa shape index (κ2) is 4.87. The monoisotopic (exact) mass is 248 g/mol. The van der Waals surface area contributed by atoms with Gasteiger partial charge in [-0.25, -0.2) is 4.39 Å². The molecule has 0 saturated carbocycles. The van der Waals surface area contributed by atoms with E-state index in [0.29, 0.717) is 11.4 Å². The Bertz CT molecular complexity index is 559. The summed E-state index contributed by atoms with van der Waals surface area (Å²) in [5.74, 6) is -0.670. The van der Waals surface area contributed by atoms with E-state index in [0.717, 1.165) is 5.56 Å². The highest BCUT2D eigenvalue weighted by Gasteiger charge is 2.06. The zero-order chi connectivity index (χ0) is 13.1. The fourth-order valence-electron chi connectivity index (χ4n) is 1.62. The van der Waals surface area contributed by atoms with Crippen LogP contribution in [0.2, 0.25) is 0 Å². The average Bonchev–Trinajstić information content (AvgIpc) is 2.61. The van der Waals surface area contributed by atoms with Crippen LogP contribution in [0.4, 0.5) is 15.8 Å². The van der Waals surface area contributed by atoms with E-state index in [1.807, 2.05) is 0 Å². The second-order valence-electron chi connectivity index (χ2n) is 4.04. The van der Waals surface area contributed by atoms with Crippen LogP contribution in [0, 0.1) is 12.7 Å². The number of carbonyl (C=O) groups excluding carboxylic acids is 1. The molecule has 0 fully saturated rings. The van der Waals surface area contributed by atoms with Gasteiger partial charge in [-0.3, -0.25) is 9.48 Å². The Morgan fingerprint density at radius 3 is 2.89 bits per heavy atom. The van der Waals surface area contributed by atoms with Crippen molar-refractivity contribution in [1.29, 1.82) is 0 Å². The number of rotatable bonds is 3. The number of nitrogens with two attached hydrogens (primary N) is 1. The van der Waals surface area contributed by atoms with Crippen LogP contribution in [0.1, 0.15) is 5.56 Å². The van der Waals surface area contributed by atoms with Gasteiger partial charge in [-0.2, -0.15) is 5.10 Å². The summed E-state index contributed by atoms with van der Waals surface area (Å²) in [6.45, 7) is 1.79. The molecule has 0 saturated heterocycles. The van der Waals surface area contributed by atoms with Crippen LogP contribution in [-0.4, -0.2) is 15.7 Å². The van der Waals surface area contributed by atoms with Crippen LogP contribution >= 0.6 is 0 Å². The largest absolute Gasteiger partial charge is 0.396 e. The van der Waals surface area contributed by atoms with Gasteiger partial charge in [-0.1, -0.05) is 0 Å². The third-order valence-electron chi connectivity index (χ3n) is 2.28. The number of nitrogens with zero attached hydrogens (tertiary/aromatic N) is 2. The molecular formula is C12H13FN4O. The Morgan fingerprint density at radius 1 is 1.50 bits per heavy atom. The molecule has 0 aliphatic heterocycles. The summed E-state index contributed by atoms with van der Waals surface area (Å²) in [5, 5.41) is 6.49. The predicted molar refractivity (Wildman–Crippen MR) is 66.4 cm³/mol. The summed E-state index contributed by atoms with van der Waals surface area (Å²) in [6, 6.07) is 4.35. The minimum Gasteiger partial charge on any atom is -0.396 e. The number of amides is 1. The molecule has 0 radical (unpaired) electrons. The van der Waals surface area contributed by atoms with Gasteiger partial charge < -0.3 is 11.1 Å². The number of nitrogens with one attached hydrogen (secondary N) is 1. The normalized spacial score (nSPS) is 10.3. The molecule has 18 heavy (non-hydrogen) atoms. The highest BCUT2D eigenvalue weighted by molar-refractivity contribution is 5.90. The van der Waals surface area contributed by atoms with Crippen molar-refractivity contribution in [3.63, 3.8) is 0 Å². The highest BCUT2D eigenvalue weighted by Crippen LogP contribution is 2.13. The van der Waals surface area contributed by atoms with Crippen molar-refractivity contribution in [1.82, 2.24) is 9.78 Å². The smallest absolute Gasteiger partial charge is 0.246 e. The van der Waals surface area contributed by atoms with E-state index >= 15 is 0 Å². The number of nitrogen functional groups attached to an aromatic ring is 1. The SMILES string of the molecule is Cc1cc(F)cc(NC(=O)Cn2cc(N)cn2)c1. The highest BCUT2D eigenvalue weighted by atomic mass is 19.1. The molecule has 2 rings (SSSR count). The van der Waals surface area contributed by atoms with Gasteiger partial charge in [0.05, 0.1) is 11.9 Å². The Kier molecular flexibility index (Phi) is 3.27. The average molecular weight is 248 g/mol. The molecule has 1 heterocycles. The molecule has 0 unspecified atom stereocenters. The first-order chi connectivity index (χ1) is 8.52. The van der Waals surface area contributed by atoms with Crippen molar-refractivity contribution in [3.8, 4) is 0 Å². The Labute approximate surface area is 103 Å².